The molecular formula is C20H34O5. The molecule has 5 heteroatoms. The van der Waals surface area contributed by atoms with Gasteiger partial charge < -0.3 is 20.4 Å². The third kappa shape index (κ3) is 12.6. The second kappa shape index (κ2) is 14.9. The third-order valence-electron chi connectivity index (χ3n) is 3.89. The van der Waals surface area contributed by atoms with E-state index in [9.17, 15) is 9.90 Å². The number of carboxylic acid groups (broad SMARTS) is 1. The zero-order chi connectivity index (χ0) is 19.0. The minimum atomic E-state index is -3.11. The summed E-state index contributed by atoms with van der Waals surface area (Å²) in [5.74, 6) is -4.97. The molecule has 0 aliphatic heterocycles. The molecule has 1 atom stereocenters. The molecule has 0 bridgehead atoms. The molecule has 0 saturated heterocycles. The Morgan fingerprint density at radius 1 is 0.880 bits per heavy atom. The number of aliphatic carboxylic acids is 1. The van der Waals surface area contributed by atoms with Gasteiger partial charge in [-0.3, -0.25) is 0 Å². The first-order chi connectivity index (χ1) is 11.9. The number of unbranched alkanes of at least 4 members (excludes halogenated alkanes) is 6. The van der Waals surface area contributed by atoms with Gasteiger partial charge in [0, 0.05) is 0 Å². The topological polar surface area (TPSA) is 98.0 Å². The molecule has 25 heavy (non-hydrogen) atoms. The normalized spacial score (nSPS) is 14.1. The van der Waals surface area contributed by atoms with Crippen LogP contribution in [0.5, 0.6) is 0 Å². The van der Waals surface area contributed by atoms with Crippen LogP contribution in [-0.2, 0) is 4.79 Å². The molecule has 1 unspecified atom stereocenters. The van der Waals surface area contributed by atoms with E-state index < -0.39 is 17.9 Å². The summed E-state index contributed by atoms with van der Waals surface area (Å²) in [5.41, 5.74) is 0. The standard InChI is InChI=1S/C20H34O5/c1-2-3-4-5-6-7-8-9-10-11-12-13-14-15-16-17-18(21)20(24,25)19(22)23/h8-9,12-13,15-16,18,21,24-25H,2-7,10-11,14,17H2,1H3,(H,22,23)/b9-8+,13-12+,16-15+. The first-order valence-electron chi connectivity index (χ1n) is 9.24. The van der Waals surface area contributed by atoms with Crippen molar-refractivity contribution < 1.29 is 25.2 Å². The zero-order valence-corrected chi connectivity index (χ0v) is 15.3. The van der Waals surface area contributed by atoms with Crippen molar-refractivity contribution >= 4 is 5.97 Å². The fourth-order valence-electron chi connectivity index (χ4n) is 2.21. The lowest BCUT2D eigenvalue weighted by molar-refractivity contribution is -0.235. The number of aliphatic hydroxyl groups is 3. The fourth-order valence-corrected chi connectivity index (χ4v) is 2.21. The van der Waals surface area contributed by atoms with Crippen LogP contribution in [-0.4, -0.2) is 38.3 Å². The van der Waals surface area contributed by atoms with E-state index in [1.807, 2.05) is 6.08 Å². The Bertz CT molecular complexity index is 424. The van der Waals surface area contributed by atoms with E-state index in [0.717, 1.165) is 19.3 Å². The summed E-state index contributed by atoms with van der Waals surface area (Å²) in [7, 11) is 0. The van der Waals surface area contributed by atoms with Crippen LogP contribution < -0.4 is 0 Å². The van der Waals surface area contributed by atoms with Gasteiger partial charge in [0.25, 0.3) is 5.79 Å². The van der Waals surface area contributed by atoms with Crippen molar-refractivity contribution in [2.24, 2.45) is 0 Å². The summed E-state index contributed by atoms with van der Waals surface area (Å²) < 4.78 is 0. The van der Waals surface area contributed by atoms with Crippen molar-refractivity contribution in [3.63, 3.8) is 0 Å². The average molecular weight is 354 g/mol. The van der Waals surface area contributed by atoms with Gasteiger partial charge in [-0.05, 0) is 38.5 Å². The molecule has 0 radical (unpaired) electrons. The largest absolute Gasteiger partial charge is 0.477 e. The quantitative estimate of drug-likeness (QED) is 0.204. The van der Waals surface area contributed by atoms with Crippen LogP contribution in [0.4, 0.5) is 0 Å². The Balaban J connectivity index is 3.65. The highest BCUT2D eigenvalue weighted by atomic mass is 16.6. The minimum Gasteiger partial charge on any atom is -0.477 e. The van der Waals surface area contributed by atoms with Gasteiger partial charge in [-0.2, -0.15) is 0 Å². The van der Waals surface area contributed by atoms with Crippen molar-refractivity contribution in [2.75, 3.05) is 0 Å². The molecule has 0 aromatic rings. The summed E-state index contributed by atoms with van der Waals surface area (Å²) in [6, 6.07) is 0. The van der Waals surface area contributed by atoms with Crippen LogP contribution >= 0.6 is 0 Å². The van der Waals surface area contributed by atoms with E-state index >= 15 is 0 Å². The number of carbonyl (C=O) groups is 1. The first kappa shape index (κ1) is 23.6. The number of carboxylic acids is 1. The number of hydrogen-bond acceptors (Lipinski definition) is 4. The van der Waals surface area contributed by atoms with Crippen molar-refractivity contribution in [1.82, 2.24) is 0 Å². The maximum atomic E-state index is 10.5. The highest BCUT2D eigenvalue weighted by Gasteiger charge is 2.40. The van der Waals surface area contributed by atoms with Gasteiger partial charge in [-0.25, -0.2) is 4.79 Å². The molecule has 144 valence electrons. The maximum absolute atomic E-state index is 10.5. The van der Waals surface area contributed by atoms with Crippen LogP contribution in [0.2, 0.25) is 0 Å². The van der Waals surface area contributed by atoms with Crippen LogP contribution in [0.15, 0.2) is 36.5 Å². The molecule has 0 aliphatic carbocycles. The van der Waals surface area contributed by atoms with Gasteiger partial charge in [0.2, 0.25) is 0 Å². The van der Waals surface area contributed by atoms with E-state index in [-0.39, 0.29) is 6.42 Å². The van der Waals surface area contributed by atoms with Crippen molar-refractivity contribution in [3.05, 3.63) is 36.5 Å². The predicted molar refractivity (Wildman–Crippen MR) is 100 cm³/mol. The Kier molecular flexibility index (Phi) is 14.0. The Morgan fingerprint density at radius 3 is 2.08 bits per heavy atom. The van der Waals surface area contributed by atoms with Gasteiger partial charge in [0.05, 0.1) is 0 Å². The SMILES string of the molecule is CCCCCCC/C=C/CC/C=C/C/C=C/CC(O)C(O)(O)C(=O)O. The number of allylic oxidation sites excluding steroid dienone is 5. The molecular weight excluding hydrogens is 320 g/mol. The second-order valence-electron chi connectivity index (χ2n) is 6.21. The number of aliphatic hydroxyl groups excluding tert-OH is 1. The molecule has 4 N–H and O–H groups in total. The summed E-state index contributed by atoms with van der Waals surface area (Å²) in [6.07, 6.45) is 20.3. The first-order valence-corrected chi connectivity index (χ1v) is 9.24. The molecule has 0 heterocycles. The highest BCUT2D eigenvalue weighted by Crippen LogP contribution is 2.11. The second-order valence-corrected chi connectivity index (χ2v) is 6.21. The van der Waals surface area contributed by atoms with Crippen LogP contribution in [0, 0.1) is 0 Å². The van der Waals surface area contributed by atoms with Crippen molar-refractivity contribution in [3.8, 4) is 0 Å². The van der Waals surface area contributed by atoms with Crippen LogP contribution in [0.3, 0.4) is 0 Å². The minimum absolute atomic E-state index is 0.131. The third-order valence-corrected chi connectivity index (χ3v) is 3.89. The molecule has 0 aromatic heterocycles. The fraction of sp³-hybridized carbons (Fsp3) is 0.650. The smallest absolute Gasteiger partial charge is 0.366 e. The molecule has 0 saturated carbocycles. The van der Waals surface area contributed by atoms with Crippen molar-refractivity contribution in [1.29, 1.82) is 0 Å². The molecule has 5 nitrogen and oxygen atoms in total. The Labute approximate surface area is 151 Å². The molecule has 0 aromatic carbocycles. The van der Waals surface area contributed by atoms with Gasteiger partial charge in [0.1, 0.15) is 6.10 Å². The predicted octanol–water partition coefficient (Wildman–Crippen LogP) is 3.70. The van der Waals surface area contributed by atoms with Crippen molar-refractivity contribution in [2.45, 2.75) is 83.0 Å². The summed E-state index contributed by atoms with van der Waals surface area (Å²) in [6.45, 7) is 2.22. The van der Waals surface area contributed by atoms with E-state index in [4.69, 9.17) is 15.3 Å². The number of hydrogen-bond donors (Lipinski definition) is 4. The average Bonchev–Trinajstić information content (AvgIpc) is 2.57. The van der Waals surface area contributed by atoms with Crippen LogP contribution in [0.25, 0.3) is 0 Å². The summed E-state index contributed by atoms with van der Waals surface area (Å²) in [4.78, 5) is 10.5. The lowest BCUT2D eigenvalue weighted by atomic mass is 10.1. The summed E-state index contributed by atoms with van der Waals surface area (Å²) in [5, 5.41) is 36.2. The number of rotatable bonds is 15. The molecule has 0 rings (SSSR count). The lowest BCUT2D eigenvalue weighted by Gasteiger charge is -2.21. The van der Waals surface area contributed by atoms with Gasteiger partial charge in [0.15, 0.2) is 0 Å². The maximum Gasteiger partial charge on any atom is 0.366 e. The van der Waals surface area contributed by atoms with Gasteiger partial charge >= 0.3 is 5.97 Å². The monoisotopic (exact) mass is 354 g/mol. The Hall–Kier alpha value is -1.43. The Morgan fingerprint density at radius 2 is 1.44 bits per heavy atom. The van der Waals surface area contributed by atoms with E-state index in [2.05, 4.69) is 25.2 Å². The lowest BCUT2D eigenvalue weighted by Crippen LogP contribution is -2.49. The molecule has 0 spiro atoms. The molecule has 0 amide bonds. The molecule has 0 aliphatic rings. The van der Waals surface area contributed by atoms with Gasteiger partial charge in [-0.1, -0.05) is 69.1 Å². The zero-order valence-electron chi connectivity index (χ0n) is 15.3. The summed E-state index contributed by atoms with van der Waals surface area (Å²) >= 11 is 0. The van der Waals surface area contributed by atoms with Gasteiger partial charge in [-0.15, -0.1) is 0 Å². The highest BCUT2D eigenvalue weighted by molar-refractivity contribution is 5.75. The van der Waals surface area contributed by atoms with E-state index in [1.54, 1.807) is 6.08 Å². The van der Waals surface area contributed by atoms with E-state index in [0.29, 0.717) is 6.42 Å². The van der Waals surface area contributed by atoms with Crippen LogP contribution in [0.1, 0.15) is 71.1 Å². The van der Waals surface area contributed by atoms with E-state index in [1.165, 1.54) is 38.2 Å². The molecule has 0 fully saturated rings.